The van der Waals surface area contributed by atoms with Gasteiger partial charge in [-0.3, -0.25) is 4.79 Å². The number of rotatable bonds is 10. The van der Waals surface area contributed by atoms with Gasteiger partial charge in [-0.05, 0) is 64.2 Å². The molecule has 0 saturated heterocycles. The molecule has 0 heterocycles. The van der Waals surface area contributed by atoms with Crippen molar-refractivity contribution in [1.29, 1.82) is 0 Å². The van der Waals surface area contributed by atoms with Gasteiger partial charge >= 0.3 is 0 Å². The van der Waals surface area contributed by atoms with Crippen LogP contribution in [0.1, 0.15) is 52.0 Å². The molecule has 1 aliphatic carbocycles. The van der Waals surface area contributed by atoms with Gasteiger partial charge in [0, 0.05) is 18.1 Å². The highest BCUT2D eigenvalue weighted by Gasteiger charge is 2.24. The second-order valence-corrected chi connectivity index (χ2v) is 8.79. The van der Waals surface area contributed by atoms with Crippen LogP contribution >= 0.6 is 0 Å². The Balaban J connectivity index is 1.69. The van der Waals surface area contributed by atoms with Crippen LogP contribution in [0.25, 0.3) is 0 Å². The normalized spacial score (nSPS) is 20.3. The zero-order chi connectivity index (χ0) is 22.1. The second-order valence-electron chi connectivity index (χ2n) is 8.79. The van der Waals surface area contributed by atoms with Crippen LogP contribution < -0.4 is 15.4 Å². The Morgan fingerprint density at radius 1 is 1.23 bits per heavy atom. The molecule has 1 atom stereocenters. The van der Waals surface area contributed by atoms with Gasteiger partial charge in [-0.15, -0.1) is 10.1 Å². The molecule has 0 bridgehead atoms. The molecule has 1 saturated carbocycles. The molecule has 1 amide bonds. The molecule has 168 valence electrons. The molecule has 0 aliphatic heterocycles. The van der Waals surface area contributed by atoms with Crippen molar-refractivity contribution in [2.45, 2.75) is 76.7 Å². The van der Waals surface area contributed by atoms with Gasteiger partial charge in [-0.1, -0.05) is 12.1 Å². The van der Waals surface area contributed by atoms with E-state index in [4.69, 9.17) is 4.74 Å². The maximum Gasteiger partial charge on any atom is 0.294 e. The number of hydrogen-bond acceptors (Lipinski definition) is 7. The fourth-order valence-electron chi connectivity index (χ4n) is 3.28. The lowest BCUT2D eigenvalue weighted by molar-refractivity contribution is -0.769. The Hall–Kier alpha value is -2.39. The van der Waals surface area contributed by atoms with Crippen molar-refractivity contribution in [3.63, 3.8) is 0 Å². The van der Waals surface area contributed by atoms with Crippen LogP contribution in [-0.2, 0) is 16.1 Å². The number of aliphatic hydroxyl groups is 1. The van der Waals surface area contributed by atoms with E-state index in [1.54, 1.807) is 12.1 Å². The summed E-state index contributed by atoms with van der Waals surface area (Å²) in [6.45, 7) is 6.73. The predicted molar refractivity (Wildman–Crippen MR) is 112 cm³/mol. The number of amides is 1. The summed E-state index contributed by atoms with van der Waals surface area (Å²) in [4.78, 5) is 27.2. The van der Waals surface area contributed by atoms with E-state index in [1.165, 1.54) is 0 Å². The minimum Gasteiger partial charge on any atom is -0.491 e. The molecule has 2 rings (SSSR count). The molecule has 9 heteroatoms. The van der Waals surface area contributed by atoms with Crippen LogP contribution in [0, 0.1) is 10.1 Å². The lowest BCUT2D eigenvalue weighted by atomic mass is 9.93. The van der Waals surface area contributed by atoms with Gasteiger partial charge < -0.3 is 25.3 Å². The standard InChI is InChI=1S/C21H33N3O6/c1-21(2,3)22-13-17(25)14-29-18-8-4-15(5-9-18)12-20(26)23-16-6-10-19(11-7-16)30-24(27)28/h4-5,8-9,16-17,19,22,25H,6-7,10-14H2,1-3H3,(H,23,26)/t16-,17?,19-. The van der Waals surface area contributed by atoms with Crippen molar-refractivity contribution in [2.24, 2.45) is 0 Å². The lowest BCUT2D eigenvalue weighted by Crippen LogP contribution is -2.42. The van der Waals surface area contributed by atoms with Crippen LogP contribution in [0.3, 0.4) is 0 Å². The van der Waals surface area contributed by atoms with Crippen molar-refractivity contribution < 1.29 is 24.6 Å². The number of aliphatic hydroxyl groups excluding tert-OH is 1. The average Bonchev–Trinajstić information content (AvgIpc) is 2.66. The average molecular weight is 424 g/mol. The third-order valence-corrected chi connectivity index (χ3v) is 4.87. The monoisotopic (exact) mass is 423 g/mol. The van der Waals surface area contributed by atoms with Crippen molar-refractivity contribution in [3.05, 3.63) is 39.9 Å². The summed E-state index contributed by atoms with van der Waals surface area (Å²) < 4.78 is 5.60. The highest BCUT2D eigenvalue weighted by atomic mass is 17.0. The fraction of sp³-hybridized carbons (Fsp3) is 0.667. The predicted octanol–water partition coefficient (Wildman–Crippen LogP) is 1.99. The summed E-state index contributed by atoms with van der Waals surface area (Å²) in [5, 5.41) is 25.8. The minimum absolute atomic E-state index is 0.0231. The van der Waals surface area contributed by atoms with Gasteiger partial charge in [-0.2, -0.15) is 0 Å². The molecule has 1 aromatic carbocycles. The first-order valence-electron chi connectivity index (χ1n) is 10.4. The number of ether oxygens (including phenoxy) is 1. The summed E-state index contributed by atoms with van der Waals surface area (Å²) in [5.41, 5.74) is 0.797. The molecule has 0 spiro atoms. The Kier molecular flexibility index (Phi) is 8.86. The number of hydrogen-bond donors (Lipinski definition) is 3. The summed E-state index contributed by atoms with van der Waals surface area (Å²) in [6, 6.07) is 7.25. The Morgan fingerprint density at radius 2 is 1.87 bits per heavy atom. The molecule has 1 fully saturated rings. The van der Waals surface area contributed by atoms with Crippen LogP contribution in [0.5, 0.6) is 5.75 Å². The number of carbonyl (C=O) groups is 1. The highest BCUT2D eigenvalue weighted by molar-refractivity contribution is 5.78. The zero-order valence-corrected chi connectivity index (χ0v) is 17.9. The third-order valence-electron chi connectivity index (χ3n) is 4.87. The molecule has 3 N–H and O–H groups in total. The molecule has 9 nitrogen and oxygen atoms in total. The zero-order valence-electron chi connectivity index (χ0n) is 17.9. The van der Waals surface area contributed by atoms with Gasteiger partial charge in [0.15, 0.2) is 0 Å². The van der Waals surface area contributed by atoms with Gasteiger partial charge in [0.2, 0.25) is 5.91 Å². The van der Waals surface area contributed by atoms with E-state index in [0.29, 0.717) is 38.0 Å². The van der Waals surface area contributed by atoms with Gasteiger partial charge in [0.25, 0.3) is 5.09 Å². The Bertz CT molecular complexity index is 681. The first-order chi connectivity index (χ1) is 14.1. The number of β-amino-alcohol motifs (C(OH)–C–C–N with tert-alkyl or cyclic N) is 1. The SMILES string of the molecule is CC(C)(C)NCC(O)COc1ccc(CC(=O)N[C@H]2CC[C@H](O[N+](=O)[O-])CC2)cc1. The van der Waals surface area contributed by atoms with E-state index < -0.39 is 11.2 Å². The molecular formula is C21H33N3O6. The number of benzene rings is 1. The molecule has 0 radical (unpaired) electrons. The largest absolute Gasteiger partial charge is 0.491 e. The molecule has 1 unspecified atom stereocenters. The van der Waals surface area contributed by atoms with E-state index >= 15 is 0 Å². The van der Waals surface area contributed by atoms with Gasteiger partial charge in [0.05, 0.1) is 6.42 Å². The molecule has 30 heavy (non-hydrogen) atoms. The van der Waals surface area contributed by atoms with E-state index in [2.05, 4.69) is 15.5 Å². The number of carbonyl (C=O) groups excluding carboxylic acids is 1. The molecular weight excluding hydrogens is 390 g/mol. The van der Waals surface area contributed by atoms with Crippen molar-refractivity contribution in [2.75, 3.05) is 13.2 Å². The van der Waals surface area contributed by atoms with Crippen molar-refractivity contribution in [1.82, 2.24) is 10.6 Å². The van der Waals surface area contributed by atoms with Crippen molar-refractivity contribution in [3.8, 4) is 5.75 Å². The smallest absolute Gasteiger partial charge is 0.294 e. The molecule has 1 aromatic rings. The van der Waals surface area contributed by atoms with E-state index in [0.717, 1.165) is 5.56 Å². The maximum absolute atomic E-state index is 12.3. The van der Waals surface area contributed by atoms with Crippen LogP contribution in [0.2, 0.25) is 0 Å². The first-order valence-corrected chi connectivity index (χ1v) is 10.4. The number of nitrogens with zero attached hydrogens (tertiary/aromatic N) is 1. The van der Waals surface area contributed by atoms with E-state index in [9.17, 15) is 20.0 Å². The van der Waals surface area contributed by atoms with Gasteiger partial charge in [-0.25, -0.2) is 0 Å². The van der Waals surface area contributed by atoms with Crippen LogP contribution in [0.15, 0.2) is 24.3 Å². The van der Waals surface area contributed by atoms with Gasteiger partial charge in [0.1, 0.15) is 24.6 Å². The maximum atomic E-state index is 12.3. The lowest BCUT2D eigenvalue weighted by Gasteiger charge is -2.27. The van der Waals surface area contributed by atoms with Crippen LogP contribution in [-0.4, -0.2) is 53.0 Å². The summed E-state index contributed by atoms with van der Waals surface area (Å²) in [6.07, 6.45) is 1.74. The molecule has 0 aromatic heterocycles. The van der Waals surface area contributed by atoms with E-state index in [1.807, 2.05) is 32.9 Å². The first kappa shape index (κ1) is 23.9. The second kappa shape index (κ2) is 11.1. The molecule has 1 aliphatic rings. The minimum atomic E-state index is -0.750. The summed E-state index contributed by atoms with van der Waals surface area (Å²) >= 11 is 0. The summed E-state index contributed by atoms with van der Waals surface area (Å²) in [5.74, 6) is 0.559. The Morgan fingerprint density at radius 3 is 2.43 bits per heavy atom. The third kappa shape index (κ3) is 9.41. The van der Waals surface area contributed by atoms with E-state index in [-0.39, 0.29) is 36.6 Å². The topological polar surface area (TPSA) is 123 Å². The quantitative estimate of drug-likeness (QED) is 0.388. The Labute approximate surface area is 177 Å². The summed E-state index contributed by atoms with van der Waals surface area (Å²) in [7, 11) is 0. The van der Waals surface area contributed by atoms with Crippen molar-refractivity contribution >= 4 is 5.91 Å². The van der Waals surface area contributed by atoms with Crippen LogP contribution in [0.4, 0.5) is 0 Å². The highest BCUT2D eigenvalue weighted by Crippen LogP contribution is 2.21. The fourth-order valence-corrected chi connectivity index (χ4v) is 3.28. The number of nitrogens with one attached hydrogen (secondary N) is 2.